The fourth-order valence-corrected chi connectivity index (χ4v) is 2.63. The minimum atomic E-state index is -1.08. The Balaban J connectivity index is 2.16. The van der Waals surface area contributed by atoms with E-state index in [-0.39, 0.29) is 17.0 Å². The summed E-state index contributed by atoms with van der Waals surface area (Å²) in [4.78, 5) is 11.3. The van der Waals surface area contributed by atoms with Gasteiger partial charge >= 0.3 is 5.97 Å². The zero-order chi connectivity index (χ0) is 14.3. The van der Waals surface area contributed by atoms with Crippen molar-refractivity contribution in [3.63, 3.8) is 0 Å². The van der Waals surface area contributed by atoms with E-state index in [9.17, 15) is 9.90 Å². The van der Waals surface area contributed by atoms with Crippen LogP contribution in [0, 0.1) is 6.92 Å². The van der Waals surface area contributed by atoms with Gasteiger partial charge in [0.1, 0.15) is 30.2 Å². The Morgan fingerprint density at radius 2 is 2.10 bits per heavy atom. The summed E-state index contributed by atoms with van der Waals surface area (Å²) in [5, 5.41) is 13.1. The lowest BCUT2D eigenvalue weighted by atomic mass is 10.1. The molecule has 1 aromatic carbocycles. The number of nitrogens with zero attached hydrogens (tertiary/aromatic N) is 1. The van der Waals surface area contributed by atoms with E-state index in [0.717, 1.165) is 0 Å². The van der Waals surface area contributed by atoms with E-state index < -0.39 is 5.97 Å². The number of carboxylic acids is 1. The second-order valence-electron chi connectivity index (χ2n) is 4.25. The summed E-state index contributed by atoms with van der Waals surface area (Å²) in [7, 11) is 0. The van der Waals surface area contributed by atoms with Gasteiger partial charge in [-0.15, -0.1) is 0 Å². The standard InChI is InChI=1S/C13H10BrNO5/c1-6-10(13(16)17)11(15-20-6)7-4-8(14)12-9(5-7)18-2-3-19-12/h4-5H,2-3H2,1H3,(H,16,17). The summed E-state index contributed by atoms with van der Waals surface area (Å²) in [5.41, 5.74) is 0.914. The van der Waals surface area contributed by atoms with Crippen molar-refractivity contribution in [2.24, 2.45) is 0 Å². The van der Waals surface area contributed by atoms with E-state index >= 15 is 0 Å². The average Bonchev–Trinajstić information content (AvgIpc) is 2.81. The maximum Gasteiger partial charge on any atom is 0.341 e. The Bertz CT molecular complexity index is 694. The number of carbonyl (C=O) groups is 1. The summed E-state index contributed by atoms with van der Waals surface area (Å²) < 4.78 is 16.7. The minimum absolute atomic E-state index is 0.0496. The summed E-state index contributed by atoms with van der Waals surface area (Å²) in [6, 6.07) is 3.43. The molecular weight excluding hydrogens is 330 g/mol. The zero-order valence-corrected chi connectivity index (χ0v) is 12.1. The molecule has 0 atom stereocenters. The Kier molecular flexibility index (Phi) is 3.13. The summed E-state index contributed by atoms with van der Waals surface area (Å²) >= 11 is 3.39. The van der Waals surface area contributed by atoms with Gasteiger partial charge < -0.3 is 19.1 Å². The van der Waals surface area contributed by atoms with Gasteiger partial charge in [0.15, 0.2) is 11.5 Å². The number of aromatic nitrogens is 1. The van der Waals surface area contributed by atoms with Gasteiger partial charge in [0, 0.05) is 5.56 Å². The fourth-order valence-electron chi connectivity index (χ4n) is 2.07. The molecule has 0 radical (unpaired) electrons. The van der Waals surface area contributed by atoms with Gasteiger partial charge in [0.05, 0.1) is 4.47 Å². The van der Waals surface area contributed by atoms with E-state index in [4.69, 9.17) is 14.0 Å². The third kappa shape index (κ3) is 2.03. The number of hydrogen-bond donors (Lipinski definition) is 1. The van der Waals surface area contributed by atoms with Gasteiger partial charge in [-0.2, -0.15) is 0 Å². The second kappa shape index (κ2) is 4.82. The Labute approximate surface area is 122 Å². The van der Waals surface area contributed by atoms with Crippen molar-refractivity contribution in [2.45, 2.75) is 6.92 Å². The van der Waals surface area contributed by atoms with Crippen molar-refractivity contribution in [1.29, 1.82) is 0 Å². The Morgan fingerprint density at radius 3 is 2.85 bits per heavy atom. The topological polar surface area (TPSA) is 81.8 Å². The van der Waals surface area contributed by atoms with E-state index in [0.29, 0.717) is 34.7 Å². The predicted molar refractivity (Wildman–Crippen MR) is 72.3 cm³/mol. The highest BCUT2D eigenvalue weighted by Gasteiger charge is 2.24. The first kappa shape index (κ1) is 13.0. The highest BCUT2D eigenvalue weighted by Crippen LogP contribution is 2.41. The number of hydrogen-bond acceptors (Lipinski definition) is 5. The number of carboxylic acid groups (broad SMARTS) is 1. The van der Waals surface area contributed by atoms with Crippen molar-refractivity contribution in [3.8, 4) is 22.8 Å². The molecule has 0 fully saturated rings. The molecule has 0 unspecified atom stereocenters. The van der Waals surface area contributed by atoms with Crippen LogP contribution in [0.3, 0.4) is 0 Å². The molecule has 104 valence electrons. The first-order valence-corrected chi connectivity index (χ1v) is 6.66. The molecule has 2 heterocycles. The zero-order valence-electron chi connectivity index (χ0n) is 10.5. The summed E-state index contributed by atoms with van der Waals surface area (Å²) in [6.45, 7) is 2.49. The van der Waals surface area contributed by atoms with Crippen molar-refractivity contribution in [3.05, 3.63) is 27.9 Å². The lowest BCUT2D eigenvalue weighted by Gasteiger charge is -2.20. The van der Waals surface area contributed by atoms with Crippen LogP contribution in [0.1, 0.15) is 16.1 Å². The molecule has 0 bridgehead atoms. The van der Waals surface area contributed by atoms with Gasteiger partial charge in [0.25, 0.3) is 0 Å². The quantitative estimate of drug-likeness (QED) is 0.905. The molecule has 6 nitrogen and oxygen atoms in total. The van der Waals surface area contributed by atoms with Gasteiger partial charge in [-0.25, -0.2) is 4.79 Å². The molecule has 3 rings (SSSR count). The number of halogens is 1. The molecule has 2 aromatic rings. The van der Waals surface area contributed by atoms with Crippen molar-refractivity contribution < 1.29 is 23.9 Å². The van der Waals surface area contributed by atoms with Crippen molar-refractivity contribution in [2.75, 3.05) is 13.2 Å². The predicted octanol–water partition coefficient (Wildman–Crippen LogP) is 2.88. The molecule has 0 saturated heterocycles. The van der Waals surface area contributed by atoms with Gasteiger partial charge in [0.2, 0.25) is 0 Å². The summed E-state index contributed by atoms with van der Waals surface area (Å²) in [5.74, 6) is 0.345. The maximum atomic E-state index is 11.3. The Hall–Kier alpha value is -2.02. The summed E-state index contributed by atoms with van der Waals surface area (Å²) in [6.07, 6.45) is 0. The minimum Gasteiger partial charge on any atom is -0.486 e. The highest BCUT2D eigenvalue weighted by atomic mass is 79.9. The van der Waals surface area contributed by atoms with Crippen LogP contribution in [0.25, 0.3) is 11.3 Å². The normalized spacial score (nSPS) is 13.3. The second-order valence-corrected chi connectivity index (χ2v) is 5.10. The molecule has 0 spiro atoms. The molecule has 1 N–H and O–H groups in total. The highest BCUT2D eigenvalue weighted by molar-refractivity contribution is 9.10. The third-order valence-corrected chi connectivity index (χ3v) is 3.54. The monoisotopic (exact) mass is 339 g/mol. The fraction of sp³-hybridized carbons (Fsp3) is 0.231. The van der Waals surface area contributed by atoms with Crippen LogP contribution in [0.4, 0.5) is 0 Å². The van der Waals surface area contributed by atoms with Crippen LogP contribution in [-0.4, -0.2) is 29.4 Å². The number of aromatic carboxylic acids is 1. The lowest BCUT2D eigenvalue weighted by molar-refractivity contribution is 0.0695. The van der Waals surface area contributed by atoms with E-state index in [2.05, 4.69) is 21.1 Å². The largest absolute Gasteiger partial charge is 0.486 e. The van der Waals surface area contributed by atoms with Crippen LogP contribution in [0.15, 0.2) is 21.1 Å². The Morgan fingerprint density at radius 1 is 1.35 bits per heavy atom. The molecule has 1 aliphatic heterocycles. The molecule has 0 amide bonds. The number of benzene rings is 1. The van der Waals surface area contributed by atoms with Crippen LogP contribution < -0.4 is 9.47 Å². The van der Waals surface area contributed by atoms with Crippen molar-refractivity contribution in [1.82, 2.24) is 5.16 Å². The SMILES string of the molecule is Cc1onc(-c2cc(Br)c3c(c2)OCCO3)c1C(=O)O. The number of fused-ring (bicyclic) bond motifs is 1. The molecular formula is C13H10BrNO5. The lowest BCUT2D eigenvalue weighted by Crippen LogP contribution is -2.15. The average molecular weight is 340 g/mol. The van der Waals surface area contributed by atoms with Gasteiger partial charge in [-0.05, 0) is 35.0 Å². The molecule has 0 aliphatic carbocycles. The van der Waals surface area contributed by atoms with E-state index in [1.807, 2.05) is 0 Å². The number of ether oxygens (including phenoxy) is 2. The first-order valence-electron chi connectivity index (χ1n) is 5.87. The smallest absolute Gasteiger partial charge is 0.341 e. The van der Waals surface area contributed by atoms with Crippen LogP contribution in [0.5, 0.6) is 11.5 Å². The van der Waals surface area contributed by atoms with E-state index in [1.165, 1.54) is 0 Å². The number of aryl methyl sites for hydroxylation is 1. The van der Waals surface area contributed by atoms with Crippen LogP contribution in [-0.2, 0) is 0 Å². The van der Waals surface area contributed by atoms with Crippen LogP contribution >= 0.6 is 15.9 Å². The molecule has 1 aliphatic rings. The molecule has 7 heteroatoms. The number of rotatable bonds is 2. The van der Waals surface area contributed by atoms with Crippen molar-refractivity contribution >= 4 is 21.9 Å². The van der Waals surface area contributed by atoms with E-state index in [1.54, 1.807) is 19.1 Å². The van der Waals surface area contributed by atoms with Crippen LogP contribution in [0.2, 0.25) is 0 Å². The molecule has 0 saturated carbocycles. The van der Waals surface area contributed by atoms with Gasteiger partial charge in [-0.3, -0.25) is 0 Å². The maximum absolute atomic E-state index is 11.3. The van der Waals surface area contributed by atoms with Gasteiger partial charge in [-0.1, -0.05) is 5.16 Å². The first-order chi connectivity index (χ1) is 9.58. The molecule has 20 heavy (non-hydrogen) atoms. The third-order valence-electron chi connectivity index (χ3n) is 2.95. The molecule has 1 aromatic heterocycles.